The zero-order valence-corrected chi connectivity index (χ0v) is 14.0. The number of rotatable bonds is 4. The molecule has 0 radical (unpaired) electrons. The van der Waals surface area contributed by atoms with E-state index >= 15 is 0 Å². The quantitative estimate of drug-likeness (QED) is 0.800. The Balaban J connectivity index is 1.69. The first-order valence-electron chi connectivity index (χ1n) is 8.38. The van der Waals surface area contributed by atoms with Crippen LogP contribution in [0.25, 0.3) is 0 Å². The Bertz CT molecular complexity index is 574. The highest BCUT2D eigenvalue weighted by atomic mass is 16.5. The van der Waals surface area contributed by atoms with Gasteiger partial charge in [0.15, 0.2) is 0 Å². The van der Waals surface area contributed by atoms with Crippen LogP contribution in [-0.4, -0.2) is 38.1 Å². The summed E-state index contributed by atoms with van der Waals surface area (Å²) in [5.41, 5.74) is 1.19. The summed E-state index contributed by atoms with van der Waals surface area (Å²) in [6.07, 6.45) is 8.24. The predicted molar refractivity (Wildman–Crippen MR) is 90.0 cm³/mol. The Morgan fingerprint density at radius 1 is 1.09 bits per heavy atom. The third-order valence-corrected chi connectivity index (χ3v) is 4.96. The van der Waals surface area contributed by atoms with Crippen molar-refractivity contribution in [3.05, 3.63) is 35.9 Å². The van der Waals surface area contributed by atoms with Crippen molar-refractivity contribution >= 4 is 5.91 Å². The van der Waals surface area contributed by atoms with Crippen molar-refractivity contribution in [3.8, 4) is 11.5 Å². The highest BCUT2D eigenvalue weighted by Crippen LogP contribution is 2.34. The van der Waals surface area contributed by atoms with Crippen molar-refractivity contribution in [1.29, 1.82) is 0 Å². The molecule has 3 rings (SSSR count). The highest BCUT2D eigenvalue weighted by Gasteiger charge is 2.31. The molecule has 1 saturated heterocycles. The highest BCUT2D eigenvalue weighted by molar-refractivity contribution is 5.79. The Morgan fingerprint density at radius 2 is 1.83 bits per heavy atom. The molecule has 0 bridgehead atoms. The maximum absolute atomic E-state index is 12.7. The van der Waals surface area contributed by atoms with E-state index in [1.54, 1.807) is 14.2 Å². The molecule has 1 aliphatic carbocycles. The smallest absolute Gasteiger partial charge is 0.226 e. The van der Waals surface area contributed by atoms with E-state index in [0.717, 1.165) is 50.3 Å². The minimum Gasteiger partial charge on any atom is -0.497 e. The van der Waals surface area contributed by atoms with Gasteiger partial charge in [-0.15, -0.1) is 0 Å². The minimum atomic E-state index is 0.179. The van der Waals surface area contributed by atoms with Gasteiger partial charge >= 0.3 is 0 Å². The van der Waals surface area contributed by atoms with Crippen LogP contribution in [0.5, 0.6) is 11.5 Å². The minimum absolute atomic E-state index is 0.179. The van der Waals surface area contributed by atoms with Crippen LogP contribution in [0, 0.1) is 5.92 Å². The summed E-state index contributed by atoms with van der Waals surface area (Å²) in [5.74, 6) is 2.48. The van der Waals surface area contributed by atoms with Gasteiger partial charge in [-0.2, -0.15) is 0 Å². The number of nitrogens with zero attached hydrogens (tertiary/aromatic N) is 1. The van der Waals surface area contributed by atoms with Gasteiger partial charge in [-0.05, 0) is 43.4 Å². The molecule has 2 unspecified atom stereocenters. The van der Waals surface area contributed by atoms with Crippen molar-refractivity contribution in [1.82, 2.24) is 4.90 Å². The second kappa shape index (κ2) is 7.07. The molecule has 124 valence electrons. The summed E-state index contributed by atoms with van der Waals surface area (Å²) in [6.45, 7) is 1.65. The lowest BCUT2D eigenvalue weighted by molar-refractivity contribution is -0.134. The Kier molecular flexibility index (Phi) is 4.89. The summed E-state index contributed by atoms with van der Waals surface area (Å²) in [6, 6.07) is 6.00. The van der Waals surface area contributed by atoms with Crippen LogP contribution in [0.15, 0.2) is 30.4 Å². The summed E-state index contributed by atoms with van der Waals surface area (Å²) in [7, 11) is 3.33. The van der Waals surface area contributed by atoms with Crippen LogP contribution in [0.1, 0.15) is 37.2 Å². The van der Waals surface area contributed by atoms with Gasteiger partial charge in [-0.3, -0.25) is 4.79 Å². The normalized spacial score (nSPS) is 23.8. The average Bonchev–Trinajstić information content (AvgIpc) is 3.11. The van der Waals surface area contributed by atoms with E-state index in [2.05, 4.69) is 24.3 Å². The number of benzene rings is 1. The molecule has 1 heterocycles. The van der Waals surface area contributed by atoms with Gasteiger partial charge in [0, 0.05) is 31.0 Å². The molecular weight excluding hydrogens is 290 g/mol. The molecule has 4 heteroatoms. The molecule has 0 aromatic heterocycles. The van der Waals surface area contributed by atoms with E-state index < -0.39 is 0 Å². The van der Waals surface area contributed by atoms with E-state index in [-0.39, 0.29) is 5.92 Å². The summed E-state index contributed by atoms with van der Waals surface area (Å²) >= 11 is 0. The first-order valence-corrected chi connectivity index (χ1v) is 8.38. The van der Waals surface area contributed by atoms with Crippen molar-refractivity contribution in [2.45, 2.75) is 31.6 Å². The van der Waals surface area contributed by atoms with Crippen molar-refractivity contribution in [2.75, 3.05) is 27.3 Å². The number of likely N-dealkylation sites (tertiary alicyclic amines) is 1. The van der Waals surface area contributed by atoms with Crippen LogP contribution in [-0.2, 0) is 4.79 Å². The third-order valence-electron chi connectivity index (χ3n) is 4.96. The maximum Gasteiger partial charge on any atom is 0.226 e. The first kappa shape index (κ1) is 15.9. The van der Waals surface area contributed by atoms with E-state index in [1.807, 2.05) is 11.0 Å². The number of hydrogen-bond acceptors (Lipinski definition) is 3. The van der Waals surface area contributed by atoms with Gasteiger partial charge in [0.05, 0.1) is 14.2 Å². The fraction of sp³-hybridized carbons (Fsp3) is 0.526. The van der Waals surface area contributed by atoms with E-state index in [9.17, 15) is 4.79 Å². The number of hydrogen-bond donors (Lipinski definition) is 0. The van der Waals surface area contributed by atoms with Crippen molar-refractivity contribution < 1.29 is 14.3 Å². The molecule has 0 N–H and O–H groups in total. The fourth-order valence-electron chi connectivity index (χ4n) is 3.57. The van der Waals surface area contributed by atoms with Gasteiger partial charge in [0.2, 0.25) is 5.91 Å². The molecule has 0 spiro atoms. The number of methoxy groups -OCH3 is 2. The molecule has 1 aromatic carbocycles. The molecule has 1 amide bonds. The number of ether oxygens (including phenoxy) is 2. The molecule has 1 aromatic rings. The SMILES string of the molecule is COc1cc(OC)cc(C2CCN(C(=O)C3CC=CCC3)C2)c1. The number of carbonyl (C=O) groups excluding carboxylic acids is 1. The van der Waals surface area contributed by atoms with E-state index in [1.165, 1.54) is 5.56 Å². The number of allylic oxidation sites excluding steroid dienone is 2. The Hall–Kier alpha value is -1.97. The molecule has 4 nitrogen and oxygen atoms in total. The largest absolute Gasteiger partial charge is 0.497 e. The fourth-order valence-corrected chi connectivity index (χ4v) is 3.57. The molecule has 1 aliphatic heterocycles. The second-order valence-electron chi connectivity index (χ2n) is 6.40. The van der Waals surface area contributed by atoms with E-state index in [4.69, 9.17) is 9.47 Å². The van der Waals surface area contributed by atoms with Crippen molar-refractivity contribution in [3.63, 3.8) is 0 Å². The zero-order valence-electron chi connectivity index (χ0n) is 14.0. The molecule has 23 heavy (non-hydrogen) atoms. The van der Waals surface area contributed by atoms with Gasteiger partial charge in [0.25, 0.3) is 0 Å². The van der Waals surface area contributed by atoms with Crippen LogP contribution in [0.4, 0.5) is 0 Å². The van der Waals surface area contributed by atoms with Gasteiger partial charge in [-0.1, -0.05) is 12.2 Å². The lowest BCUT2D eigenvalue weighted by Crippen LogP contribution is -2.34. The standard InChI is InChI=1S/C19H25NO3/c1-22-17-10-16(11-18(12-17)23-2)15-8-9-20(13-15)19(21)14-6-4-3-5-7-14/h3-4,10-12,14-15H,5-9,13H2,1-2H3. The molecular formula is C19H25NO3. The monoisotopic (exact) mass is 315 g/mol. The van der Waals surface area contributed by atoms with Gasteiger partial charge in [0.1, 0.15) is 11.5 Å². The van der Waals surface area contributed by atoms with Crippen molar-refractivity contribution in [2.24, 2.45) is 5.92 Å². The van der Waals surface area contributed by atoms with Crippen LogP contribution in [0.3, 0.4) is 0 Å². The summed E-state index contributed by atoms with van der Waals surface area (Å²) in [5, 5.41) is 0. The lowest BCUT2D eigenvalue weighted by Gasteiger charge is -2.24. The molecule has 2 atom stereocenters. The molecule has 2 aliphatic rings. The zero-order chi connectivity index (χ0) is 16.2. The van der Waals surface area contributed by atoms with Crippen LogP contribution < -0.4 is 9.47 Å². The Labute approximate surface area is 138 Å². The average molecular weight is 315 g/mol. The molecule has 1 fully saturated rings. The summed E-state index contributed by atoms with van der Waals surface area (Å²) in [4.78, 5) is 14.7. The summed E-state index contributed by atoms with van der Waals surface area (Å²) < 4.78 is 10.7. The number of amides is 1. The Morgan fingerprint density at radius 3 is 2.43 bits per heavy atom. The maximum atomic E-state index is 12.7. The van der Waals surface area contributed by atoms with Gasteiger partial charge in [-0.25, -0.2) is 0 Å². The van der Waals surface area contributed by atoms with Gasteiger partial charge < -0.3 is 14.4 Å². The lowest BCUT2D eigenvalue weighted by atomic mass is 9.93. The third kappa shape index (κ3) is 3.52. The number of carbonyl (C=O) groups is 1. The first-order chi connectivity index (χ1) is 11.2. The van der Waals surface area contributed by atoms with Crippen LogP contribution >= 0.6 is 0 Å². The molecule has 0 saturated carbocycles. The predicted octanol–water partition coefficient (Wildman–Crippen LogP) is 3.38. The van der Waals surface area contributed by atoms with Crippen LogP contribution in [0.2, 0.25) is 0 Å². The second-order valence-corrected chi connectivity index (χ2v) is 6.40. The topological polar surface area (TPSA) is 38.8 Å². The van der Waals surface area contributed by atoms with E-state index in [0.29, 0.717) is 11.8 Å².